The first-order chi connectivity index (χ1) is 9.74. The van der Waals surface area contributed by atoms with Crippen molar-refractivity contribution in [3.8, 4) is 5.75 Å². The number of methoxy groups -OCH3 is 1. The van der Waals surface area contributed by atoms with Crippen molar-refractivity contribution >= 4 is 15.8 Å². The Labute approximate surface area is 118 Å². The molecule has 8 nitrogen and oxygen atoms in total. The first-order valence-corrected chi connectivity index (χ1v) is 6.80. The van der Waals surface area contributed by atoms with Crippen molar-refractivity contribution in [1.82, 2.24) is 10.8 Å². The lowest BCUT2D eigenvalue weighted by Crippen LogP contribution is -2.35. The quantitative estimate of drug-likeness (QED) is 0.420. The fraction of sp³-hybridized carbons (Fsp3) is 0.100. The fourth-order valence-corrected chi connectivity index (χ4v) is 2.36. The monoisotopic (exact) mass is 320 g/mol. The van der Waals surface area contributed by atoms with E-state index in [1.54, 1.807) is 0 Å². The molecule has 0 unspecified atom stereocenters. The maximum absolute atomic E-state index is 13.4. The molecule has 0 atom stereocenters. The van der Waals surface area contributed by atoms with E-state index in [2.05, 4.69) is 5.10 Å². The third-order valence-electron chi connectivity index (χ3n) is 2.59. The number of benzene rings is 1. The second kappa shape index (κ2) is 5.18. The number of hydrazone groups is 1. The minimum Gasteiger partial charge on any atom is -0.497 e. The first kappa shape index (κ1) is 15.0. The molecule has 1 heterocycles. The van der Waals surface area contributed by atoms with E-state index < -0.39 is 37.7 Å². The predicted molar refractivity (Wildman–Crippen MR) is 67.7 cm³/mol. The number of rotatable bonds is 3. The van der Waals surface area contributed by atoms with Gasteiger partial charge in [-0.05, 0) is 17.5 Å². The molecule has 0 bridgehead atoms. The molecule has 0 saturated carbocycles. The summed E-state index contributed by atoms with van der Waals surface area (Å²) in [7, 11) is -3.42. The topological polar surface area (TPSA) is 117 Å². The summed E-state index contributed by atoms with van der Waals surface area (Å²) in [6, 6.07) is 3.45. The summed E-state index contributed by atoms with van der Waals surface area (Å²) >= 11 is 0. The number of allylic oxidation sites excluding steroid dienone is 1. The number of nitrogens with one attached hydrogen (secondary N) is 1. The van der Waals surface area contributed by atoms with E-state index in [0.717, 1.165) is 12.1 Å². The molecule has 0 radical (unpaired) electrons. The SMILES string of the molecule is COc1ccc(C2=NN(F)NC(F)=C2N)c(S(=O)(=O)O)c1. The van der Waals surface area contributed by atoms with Gasteiger partial charge in [-0.1, -0.05) is 4.48 Å². The van der Waals surface area contributed by atoms with Crippen molar-refractivity contribution in [3.05, 3.63) is 35.4 Å². The van der Waals surface area contributed by atoms with Gasteiger partial charge in [-0.2, -0.15) is 12.8 Å². The minimum atomic E-state index is -4.70. The molecule has 0 aromatic heterocycles. The lowest BCUT2D eigenvalue weighted by Gasteiger charge is -2.20. The van der Waals surface area contributed by atoms with Crippen molar-refractivity contribution in [2.75, 3.05) is 7.11 Å². The van der Waals surface area contributed by atoms with Crippen LogP contribution in [0.5, 0.6) is 5.75 Å². The zero-order chi connectivity index (χ0) is 15.8. The van der Waals surface area contributed by atoms with Crippen LogP contribution in [0.4, 0.5) is 8.87 Å². The van der Waals surface area contributed by atoms with Crippen molar-refractivity contribution in [2.45, 2.75) is 4.90 Å². The van der Waals surface area contributed by atoms with E-state index in [4.69, 9.17) is 10.5 Å². The Hall–Kier alpha value is -2.40. The van der Waals surface area contributed by atoms with Gasteiger partial charge in [-0.3, -0.25) is 4.55 Å². The molecule has 114 valence electrons. The highest BCUT2D eigenvalue weighted by Crippen LogP contribution is 2.26. The van der Waals surface area contributed by atoms with Crippen molar-refractivity contribution < 1.29 is 26.6 Å². The molecule has 0 saturated heterocycles. The van der Waals surface area contributed by atoms with Gasteiger partial charge < -0.3 is 10.5 Å². The summed E-state index contributed by atoms with van der Waals surface area (Å²) in [6.07, 6.45) is 0. The molecular weight excluding hydrogens is 310 g/mol. The molecule has 4 N–H and O–H groups in total. The van der Waals surface area contributed by atoms with Gasteiger partial charge in [-0.25, -0.2) is 5.43 Å². The van der Waals surface area contributed by atoms with E-state index in [1.165, 1.54) is 18.6 Å². The average Bonchev–Trinajstić information content (AvgIpc) is 2.41. The fourth-order valence-electron chi connectivity index (χ4n) is 1.65. The highest BCUT2D eigenvalue weighted by Gasteiger charge is 2.27. The highest BCUT2D eigenvalue weighted by molar-refractivity contribution is 7.86. The van der Waals surface area contributed by atoms with Gasteiger partial charge in [0.2, 0.25) is 5.95 Å². The lowest BCUT2D eigenvalue weighted by atomic mass is 10.1. The van der Waals surface area contributed by atoms with Crippen LogP contribution in [-0.4, -0.2) is 31.1 Å². The smallest absolute Gasteiger partial charge is 0.295 e. The molecule has 1 aromatic rings. The predicted octanol–water partition coefficient (Wildman–Crippen LogP) is 0.448. The van der Waals surface area contributed by atoms with Crippen molar-refractivity contribution in [3.63, 3.8) is 0 Å². The Morgan fingerprint density at radius 1 is 1.48 bits per heavy atom. The second-order valence-corrected chi connectivity index (χ2v) is 5.28. The summed E-state index contributed by atoms with van der Waals surface area (Å²) in [5.74, 6) is -1.14. The summed E-state index contributed by atoms with van der Waals surface area (Å²) in [6.45, 7) is 0. The van der Waals surface area contributed by atoms with Crippen LogP contribution in [0.25, 0.3) is 0 Å². The summed E-state index contributed by atoms with van der Waals surface area (Å²) < 4.78 is 63.3. The van der Waals surface area contributed by atoms with Crippen molar-refractivity contribution in [2.24, 2.45) is 10.8 Å². The number of hydrazine groups is 1. The molecule has 1 aliphatic rings. The van der Waals surface area contributed by atoms with E-state index in [-0.39, 0.29) is 11.3 Å². The zero-order valence-corrected chi connectivity index (χ0v) is 11.4. The Kier molecular flexibility index (Phi) is 3.70. The zero-order valence-electron chi connectivity index (χ0n) is 10.5. The van der Waals surface area contributed by atoms with Crippen LogP contribution in [0.3, 0.4) is 0 Å². The van der Waals surface area contributed by atoms with Crippen LogP contribution in [-0.2, 0) is 10.1 Å². The number of hydrogen-bond donors (Lipinski definition) is 3. The maximum atomic E-state index is 13.4. The van der Waals surface area contributed by atoms with Gasteiger partial charge in [-0.15, -0.1) is 5.10 Å². The average molecular weight is 320 g/mol. The van der Waals surface area contributed by atoms with Crippen molar-refractivity contribution in [1.29, 1.82) is 0 Å². The van der Waals surface area contributed by atoms with Gasteiger partial charge in [0.25, 0.3) is 10.1 Å². The molecule has 0 amide bonds. The molecular formula is C10H10F2N4O4S. The van der Waals surface area contributed by atoms with Crippen LogP contribution in [0.2, 0.25) is 0 Å². The number of nitrogens with two attached hydrogens (primary N) is 1. The van der Waals surface area contributed by atoms with E-state index >= 15 is 0 Å². The molecule has 11 heteroatoms. The Morgan fingerprint density at radius 3 is 2.71 bits per heavy atom. The molecule has 0 spiro atoms. The van der Waals surface area contributed by atoms with E-state index in [1.807, 2.05) is 0 Å². The van der Waals surface area contributed by atoms with Crippen LogP contribution >= 0.6 is 0 Å². The minimum absolute atomic E-state index is 0.112. The number of nitrogens with zero attached hydrogens (tertiary/aromatic N) is 2. The van der Waals surface area contributed by atoms with Gasteiger partial charge in [0.1, 0.15) is 22.1 Å². The standard InChI is InChI=1S/C10H10F2N4O4S/c1-20-5-2-3-6(7(4-5)21(17,18)19)9-8(13)10(11)15-16(12)14-9/h2-4,15H,13H2,1H3,(H,17,18,19). The van der Waals surface area contributed by atoms with Gasteiger partial charge in [0.15, 0.2) is 0 Å². The summed E-state index contributed by atoms with van der Waals surface area (Å²) in [4.78, 5) is -0.647. The van der Waals surface area contributed by atoms with Gasteiger partial charge in [0.05, 0.1) is 7.11 Å². The largest absolute Gasteiger partial charge is 0.497 e. The molecule has 0 fully saturated rings. The summed E-state index contributed by atoms with van der Waals surface area (Å²) in [5, 5.41) is 2.77. The molecule has 21 heavy (non-hydrogen) atoms. The highest BCUT2D eigenvalue weighted by atomic mass is 32.2. The Balaban J connectivity index is 2.70. The third-order valence-corrected chi connectivity index (χ3v) is 3.49. The maximum Gasteiger partial charge on any atom is 0.295 e. The molecule has 2 rings (SSSR count). The first-order valence-electron chi connectivity index (χ1n) is 5.36. The Morgan fingerprint density at radius 2 is 2.14 bits per heavy atom. The third kappa shape index (κ3) is 2.87. The van der Waals surface area contributed by atoms with Gasteiger partial charge >= 0.3 is 0 Å². The van der Waals surface area contributed by atoms with Gasteiger partial charge in [0, 0.05) is 11.6 Å². The second-order valence-electron chi connectivity index (χ2n) is 3.89. The molecule has 0 aliphatic carbocycles. The van der Waals surface area contributed by atoms with Crippen LogP contribution in [0.1, 0.15) is 5.56 Å². The van der Waals surface area contributed by atoms with E-state index in [9.17, 15) is 21.8 Å². The van der Waals surface area contributed by atoms with Crippen LogP contribution in [0.15, 0.2) is 39.8 Å². The van der Waals surface area contributed by atoms with E-state index in [0.29, 0.717) is 0 Å². The number of ether oxygens (including phenoxy) is 1. The molecule has 1 aromatic carbocycles. The van der Waals surface area contributed by atoms with Crippen LogP contribution < -0.4 is 15.9 Å². The lowest BCUT2D eigenvalue weighted by molar-refractivity contribution is -0.0283. The summed E-state index contributed by atoms with van der Waals surface area (Å²) in [5.41, 5.74) is 5.56. The number of halogens is 2. The number of hydrogen-bond acceptors (Lipinski definition) is 7. The Bertz CT molecular complexity index is 747. The van der Waals surface area contributed by atoms with Crippen LogP contribution in [0, 0.1) is 0 Å². The normalized spacial score (nSPS) is 15.6. The molecule has 1 aliphatic heterocycles.